The van der Waals surface area contributed by atoms with Crippen LogP contribution in [-0.4, -0.2) is 22.2 Å². The molecule has 19 heavy (non-hydrogen) atoms. The van der Waals surface area contributed by atoms with Crippen LogP contribution in [0.5, 0.6) is 0 Å². The lowest BCUT2D eigenvalue weighted by molar-refractivity contribution is -0.133. The Balaban J connectivity index is 0. The van der Waals surface area contributed by atoms with Crippen LogP contribution >= 0.6 is 0 Å². The predicted molar refractivity (Wildman–Crippen MR) is 77.1 cm³/mol. The minimum Gasteiger partial charge on any atom is -0.478 e. The molecule has 1 atom stereocenters. The summed E-state index contributed by atoms with van der Waals surface area (Å²) in [5.74, 6) is -1.28. The smallest absolute Gasteiger partial charge is 0.330 e. The Hall–Kier alpha value is -1.58. The van der Waals surface area contributed by atoms with Crippen molar-refractivity contribution in [1.82, 2.24) is 0 Å². The second-order valence-electron chi connectivity index (χ2n) is 4.61. The Labute approximate surface area is 115 Å². The molecule has 4 nitrogen and oxygen atoms in total. The van der Waals surface area contributed by atoms with Crippen molar-refractivity contribution in [2.75, 3.05) is 0 Å². The molecule has 0 fully saturated rings. The SMILES string of the molecule is C=C(C)C(=O)O.C=C(CC(CC)CCCC)C(=O)O. The second-order valence-corrected chi connectivity index (χ2v) is 4.61. The van der Waals surface area contributed by atoms with Gasteiger partial charge in [0, 0.05) is 11.1 Å². The Morgan fingerprint density at radius 1 is 1.11 bits per heavy atom. The quantitative estimate of drug-likeness (QED) is 0.656. The predicted octanol–water partition coefficient (Wildman–Crippen LogP) is 3.88. The largest absolute Gasteiger partial charge is 0.478 e. The normalized spacial score (nSPS) is 10.9. The maximum absolute atomic E-state index is 10.5. The van der Waals surface area contributed by atoms with E-state index in [2.05, 4.69) is 27.0 Å². The summed E-state index contributed by atoms with van der Waals surface area (Å²) in [5, 5.41) is 16.5. The fourth-order valence-corrected chi connectivity index (χ4v) is 1.38. The molecular weight excluding hydrogens is 244 g/mol. The molecule has 0 saturated carbocycles. The van der Waals surface area contributed by atoms with Crippen molar-refractivity contribution in [2.24, 2.45) is 5.92 Å². The first-order valence-electron chi connectivity index (χ1n) is 6.56. The third-order valence-corrected chi connectivity index (χ3v) is 2.75. The number of carboxylic acid groups (broad SMARTS) is 2. The topological polar surface area (TPSA) is 74.6 Å². The second kappa shape index (κ2) is 11.5. The number of rotatable bonds is 8. The van der Waals surface area contributed by atoms with Crippen molar-refractivity contribution in [3.8, 4) is 0 Å². The summed E-state index contributed by atoms with van der Waals surface area (Å²) in [4.78, 5) is 20.1. The van der Waals surface area contributed by atoms with Gasteiger partial charge in [-0.1, -0.05) is 52.7 Å². The molecule has 0 heterocycles. The van der Waals surface area contributed by atoms with Crippen LogP contribution in [0, 0.1) is 5.92 Å². The highest BCUT2D eigenvalue weighted by Gasteiger charge is 2.11. The van der Waals surface area contributed by atoms with Gasteiger partial charge in [0.15, 0.2) is 0 Å². The van der Waals surface area contributed by atoms with Crippen LogP contribution in [0.3, 0.4) is 0 Å². The minimum absolute atomic E-state index is 0.176. The van der Waals surface area contributed by atoms with E-state index in [4.69, 9.17) is 10.2 Å². The zero-order chi connectivity index (χ0) is 15.4. The first-order valence-corrected chi connectivity index (χ1v) is 6.56. The van der Waals surface area contributed by atoms with Gasteiger partial charge < -0.3 is 10.2 Å². The first kappa shape index (κ1) is 19.8. The van der Waals surface area contributed by atoms with Crippen LogP contribution in [0.1, 0.15) is 52.9 Å². The highest BCUT2D eigenvalue weighted by atomic mass is 16.4. The Kier molecular flexibility index (Phi) is 12.0. The highest BCUT2D eigenvalue weighted by Crippen LogP contribution is 2.20. The average molecular weight is 270 g/mol. The van der Waals surface area contributed by atoms with Crippen molar-refractivity contribution in [3.63, 3.8) is 0 Å². The molecule has 0 saturated heterocycles. The van der Waals surface area contributed by atoms with Crippen molar-refractivity contribution < 1.29 is 19.8 Å². The van der Waals surface area contributed by atoms with Gasteiger partial charge in [0.1, 0.15) is 0 Å². The van der Waals surface area contributed by atoms with Crippen LogP contribution < -0.4 is 0 Å². The van der Waals surface area contributed by atoms with Crippen LogP contribution in [0.15, 0.2) is 24.3 Å². The highest BCUT2D eigenvalue weighted by molar-refractivity contribution is 5.85. The Morgan fingerprint density at radius 2 is 1.58 bits per heavy atom. The third-order valence-electron chi connectivity index (χ3n) is 2.75. The van der Waals surface area contributed by atoms with Gasteiger partial charge in [0.05, 0.1) is 0 Å². The average Bonchev–Trinajstić information content (AvgIpc) is 2.34. The van der Waals surface area contributed by atoms with Gasteiger partial charge in [-0.15, -0.1) is 0 Å². The molecule has 0 aromatic rings. The molecule has 0 aliphatic rings. The van der Waals surface area contributed by atoms with Crippen LogP contribution in [-0.2, 0) is 9.59 Å². The van der Waals surface area contributed by atoms with E-state index in [1.54, 1.807) is 0 Å². The van der Waals surface area contributed by atoms with E-state index in [1.807, 2.05) is 0 Å². The lowest BCUT2D eigenvalue weighted by Gasteiger charge is -2.13. The van der Waals surface area contributed by atoms with Crippen LogP contribution in [0.25, 0.3) is 0 Å². The maximum atomic E-state index is 10.5. The number of hydrogen-bond acceptors (Lipinski definition) is 2. The first-order chi connectivity index (χ1) is 8.76. The number of carbonyl (C=O) groups is 2. The Bertz CT molecular complexity index is 306. The van der Waals surface area contributed by atoms with E-state index in [1.165, 1.54) is 19.8 Å². The van der Waals surface area contributed by atoms with E-state index in [0.29, 0.717) is 17.9 Å². The van der Waals surface area contributed by atoms with Gasteiger partial charge in [-0.3, -0.25) is 0 Å². The van der Waals surface area contributed by atoms with E-state index in [9.17, 15) is 9.59 Å². The fraction of sp³-hybridized carbons (Fsp3) is 0.600. The summed E-state index contributed by atoms with van der Waals surface area (Å²) in [7, 11) is 0. The molecule has 0 aliphatic heterocycles. The molecular formula is C15H26O4. The molecule has 1 unspecified atom stereocenters. The molecule has 0 radical (unpaired) electrons. The monoisotopic (exact) mass is 270 g/mol. The molecule has 0 aliphatic carbocycles. The van der Waals surface area contributed by atoms with Crippen molar-refractivity contribution >= 4 is 11.9 Å². The van der Waals surface area contributed by atoms with Gasteiger partial charge in [-0.25, -0.2) is 9.59 Å². The number of hydrogen-bond donors (Lipinski definition) is 2. The molecule has 0 rings (SSSR count). The van der Waals surface area contributed by atoms with Gasteiger partial charge in [-0.2, -0.15) is 0 Å². The summed E-state index contributed by atoms with van der Waals surface area (Å²) < 4.78 is 0. The standard InChI is InChI=1S/C11H20O2.C4H6O2/c1-4-6-7-10(5-2)8-9(3)11(12)13;1-3(2)4(5)6/h10H,3-8H2,1-2H3,(H,12,13);1H2,2H3,(H,5,6). The summed E-state index contributed by atoms with van der Waals surface area (Å²) in [6.45, 7) is 12.4. The van der Waals surface area contributed by atoms with E-state index in [0.717, 1.165) is 12.8 Å². The Morgan fingerprint density at radius 3 is 1.84 bits per heavy atom. The van der Waals surface area contributed by atoms with Gasteiger partial charge in [0.25, 0.3) is 0 Å². The lowest BCUT2D eigenvalue weighted by Crippen LogP contribution is -2.06. The molecule has 0 aromatic carbocycles. The molecule has 2 N–H and O–H groups in total. The van der Waals surface area contributed by atoms with Gasteiger partial charge in [-0.05, 0) is 19.3 Å². The third kappa shape index (κ3) is 12.7. The van der Waals surface area contributed by atoms with E-state index in [-0.39, 0.29) is 5.57 Å². The summed E-state index contributed by atoms with van der Waals surface area (Å²) in [6, 6.07) is 0. The minimum atomic E-state index is -0.935. The fourth-order valence-electron chi connectivity index (χ4n) is 1.38. The van der Waals surface area contributed by atoms with Crippen LogP contribution in [0.4, 0.5) is 0 Å². The number of aliphatic carboxylic acids is 2. The van der Waals surface area contributed by atoms with Gasteiger partial charge >= 0.3 is 11.9 Å². The summed E-state index contributed by atoms with van der Waals surface area (Å²) in [6.07, 6.45) is 5.18. The van der Waals surface area contributed by atoms with Crippen molar-refractivity contribution in [2.45, 2.75) is 52.9 Å². The van der Waals surface area contributed by atoms with Crippen molar-refractivity contribution in [1.29, 1.82) is 0 Å². The van der Waals surface area contributed by atoms with E-state index < -0.39 is 11.9 Å². The van der Waals surface area contributed by atoms with Crippen LogP contribution in [0.2, 0.25) is 0 Å². The molecule has 0 bridgehead atoms. The molecule has 0 spiro atoms. The molecule has 110 valence electrons. The summed E-state index contributed by atoms with van der Waals surface area (Å²) >= 11 is 0. The van der Waals surface area contributed by atoms with E-state index >= 15 is 0 Å². The zero-order valence-electron chi connectivity index (χ0n) is 12.2. The molecule has 4 heteroatoms. The molecule has 0 amide bonds. The van der Waals surface area contributed by atoms with Crippen molar-refractivity contribution in [3.05, 3.63) is 24.3 Å². The zero-order valence-corrected chi connectivity index (χ0v) is 12.2. The maximum Gasteiger partial charge on any atom is 0.330 e. The number of carboxylic acids is 2. The van der Waals surface area contributed by atoms with Gasteiger partial charge in [0.2, 0.25) is 0 Å². The molecule has 0 aromatic heterocycles. The summed E-state index contributed by atoms with van der Waals surface area (Å²) in [5.41, 5.74) is 0.526. The number of unbranched alkanes of at least 4 members (excludes halogenated alkanes) is 1. The lowest BCUT2D eigenvalue weighted by atomic mass is 9.92.